The van der Waals surface area contributed by atoms with Gasteiger partial charge in [-0.25, -0.2) is 0 Å². The fourth-order valence-corrected chi connectivity index (χ4v) is 3.90. The summed E-state index contributed by atoms with van der Waals surface area (Å²) in [5.74, 6) is 4.69. The lowest BCUT2D eigenvalue weighted by Gasteiger charge is -2.21. The van der Waals surface area contributed by atoms with Crippen LogP contribution in [0.5, 0.6) is 23.0 Å². The van der Waals surface area contributed by atoms with Crippen LogP contribution < -0.4 is 18.9 Å². The summed E-state index contributed by atoms with van der Waals surface area (Å²) in [5, 5.41) is 0. The summed E-state index contributed by atoms with van der Waals surface area (Å²) in [6.07, 6.45) is 4.86. The van der Waals surface area contributed by atoms with Crippen molar-refractivity contribution in [2.24, 2.45) is 4.90 Å². The van der Waals surface area contributed by atoms with E-state index in [1.165, 1.54) is 0 Å². The Kier molecular flexibility index (Phi) is 10.9. The zero-order valence-corrected chi connectivity index (χ0v) is 24.1. The Morgan fingerprint density at radius 3 is 2.28 bits per heavy atom. The van der Waals surface area contributed by atoms with Gasteiger partial charge in [0.1, 0.15) is 40.3 Å². The summed E-state index contributed by atoms with van der Waals surface area (Å²) < 4.78 is 34.2. The van der Waals surface area contributed by atoms with Gasteiger partial charge < -0.3 is 38.1 Å². The third-order valence-electron chi connectivity index (χ3n) is 6.46. The van der Waals surface area contributed by atoms with Crippen molar-refractivity contribution in [1.82, 2.24) is 4.81 Å². The molecule has 0 fully saturated rings. The molecule has 0 saturated carbocycles. The van der Waals surface area contributed by atoms with E-state index in [2.05, 4.69) is 38.2 Å². The Balaban J connectivity index is 1.83. The van der Waals surface area contributed by atoms with Crippen LogP contribution in [0.3, 0.4) is 0 Å². The Morgan fingerprint density at radius 2 is 1.67 bits per heavy atom. The van der Waals surface area contributed by atoms with Gasteiger partial charge in [-0.1, -0.05) is 20.4 Å². The van der Waals surface area contributed by atoms with Crippen molar-refractivity contribution in [2.75, 3.05) is 41.5 Å². The van der Waals surface area contributed by atoms with Gasteiger partial charge in [0.25, 0.3) is 0 Å². The third-order valence-corrected chi connectivity index (χ3v) is 6.46. The molecule has 0 N–H and O–H groups in total. The van der Waals surface area contributed by atoms with E-state index in [9.17, 15) is 0 Å². The van der Waals surface area contributed by atoms with Crippen molar-refractivity contribution in [3.05, 3.63) is 72.0 Å². The van der Waals surface area contributed by atoms with Crippen LogP contribution in [0.1, 0.15) is 38.3 Å². The van der Waals surface area contributed by atoms with Crippen molar-refractivity contribution < 1.29 is 28.4 Å². The first-order chi connectivity index (χ1) is 18.9. The molecular formula is C30H39BN2O6. The van der Waals surface area contributed by atoms with Crippen LogP contribution >= 0.6 is 0 Å². The highest BCUT2D eigenvalue weighted by Crippen LogP contribution is 2.35. The maximum Gasteiger partial charge on any atom is 0.345 e. The molecule has 2 aromatic carbocycles. The summed E-state index contributed by atoms with van der Waals surface area (Å²) in [4.78, 5) is 6.98. The van der Waals surface area contributed by atoms with E-state index in [0.29, 0.717) is 42.8 Å². The molecule has 0 radical (unpaired) electrons. The standard InChI is InChI=1S/C30H39BN2O6/c1-9-20(3)38-29(24-17-22(34-5)11-13-27(24)36-7)15-16-33(10-2)31-32-26-19-30(39-21(26)4)25-18-23(35-6)12-14-28(25)37-8/h11-15,17-20,31H,4,9-10,16H2,1-3,5-8H3/b29-15-,32-26+. The number of likely N-dealkylation sites (N-methyl/N-ethyl adjacent to an activating group) is 1. The fraction of sp³-hybridized carbons (Fsp3) is 0.367. The first-order valence-corrected chi connectivity index (χ1v) is 13.0. The average Bonchev–Trinajstić information content (AvgIpc) is 3.35. The summed E-state index contributed by atoms with van der Waals surface area (Å²) in [6, 6.07) is 11.3. The van der Waals surface area contributed by atoms with Gasteiger partial charge in [-0.15, -0.1) is 0 Å². The minimum absolute atomic E-state index is 0.0404. The van der Waals surface area contributed by atoms with Gasteiger partial charge in [-0.3, -0.25) is 0 Å². The minimum Gasteiger partial charge on any atom is -0.497 e. The van der Waals surface area contributed by atoms with E-state index in [1.54, 1.807) is 28.4 Å². The monoisotopic (exact) mass is 534 g/mol. The smallest absolute Gasteiger partial charge is 0.345 e. The van der Waals surface area contributed by atoms with Crippen molar-refractivity contribution in [3.63, 3.8) is 0 Å². The van der Waals surface area contributed by atoms with Gasteiger partial charge in [0, 0.05) is 12.6 Å². The molecule has 0 aliphatic carbocycles. The molecule has 8 nitrogen and oxygen atoms in total. The molecule has 0 aromatic heterocycles. The molecule has 0 amide bonds. The molecular weight excluding hydrogens is 495 g/mol. The van der Waals surface area contributed by atoms with Crippen LogP contribution in [-0.2, 0) is 9.47 Å². The van der Waals surface area contributed by atoms with Crippen LogP contribution in [0, 0.1) is 0 Å². The molecule has 2 aromatic rings. The molecule has 1 unspecified atom stereocenters. The second kappa shape index (κ2) is 14.3. The van der Waals surface area contributed by atoms with Gasteiger partial charge in [-0.05, 0) is 62.4 Å². The van der Waals surface area contributed by atoms with Crippen LogP contribution in [0.4, 0.5) is 0 Å². The van der Waals surface area contributed by atoms with Gasteiger partial charge in [0.05, 0.1) is 51.4 Å². The Labute approximate surface area is 232 Å². The van der Waals surface area contributed by atoms with Crippen LogP contribution in [0.15, 0.2) is 65.8 Å². The average molecular weight is 534 g/mol. The van der Waals surface area contributed by atoms with Gasteiger partial charge >= 0.3 is 7.55 Å². The number of benzene rings is 2. The Bertz CT molecular complexity index is 1240. The number of allylic oxidation sites excluding steroid dienone is 1. The second-order valence-electron chi connectivity index (χ2n) is 8.93. The topological polar surface area (TPSA) is 71.0 Å². The predicted octanol–water partition coefficient (Wildman–Crippen LogP) is 5.49. The van der Waals surface area contributed by atoms with E-state index in [-0.39, 0.29) is 6.10 Å². The number of hydrogen-bond acceptors (Lipinski definition) is 8. The second-order valence-corrected chi connectivity index (χ2v) is 8.93. The van der Waals surface area contributed by atoms with Crippen molar-refractivity contribution in [2.45, 2.75) is 33.3 Å². The first kappa shape index (κ1) is 29.7. The molecule has 208 valence electrons. The molecule has 9 heteroatoms. The highest BCUT2D eigenvalue weighted by molar-refractivity contribution is 6.36. The number of methoxy groups -OCH3 is 4. The lowest BCUT2D eigenvalue weighted by molar-refractivity contribution is 0.179. The maximum absolute atomic E-state index is 6.32. The Hall–Kier alpha value is -3.85. The van der Waals surface area contributed by atoms with Crippen molar-refractivity contribution >= 4 is 24.8 Å². The number of nitrogens with zero attached hydrogens (tertiary/aromatic N) is 2. The first-order valence-electron chi connectivity index (χ1n) is 13.0. The van der Waals surface area contributed by atoms with Crippen molar-refractivity contribution in [3.8, 4) is 23.0 Å². The zero-order valence-electron chi connectivity index (χ0n) is 24.1. The van der Waals surface area contributed by atoms with E-state index < -0.39 is 0 Å². The molecule has 39 heavy (non-hydrogen) atoms. The van der Waals surface area contributed by atoms with Gasteiger partial charge in [0.15, 0.2) is 0 Å². The quantitative estimate of drug-likeness (QED) is 0.235. The molecule has 0 bridgehead atoms. The van der Waals surface area contributed by atoms with Gasteiger partial charge in [0.2, 0.25) is 0 Å². The minimum atomic E-state index is 0.0404. The lowest BCUT2D eigenvalue weighted by atomic mass is 10.1. The van der Waals surface area contributed by atoms with E-state index >= 15 is 0 Å². The van der Waals surface area contributed by atoms with E-state index in [1.807, 2.05) is 42.5 Å². The largest absolute Gasteiger partial charge is 0.497 e. The Morgan fingerprint density at radius 1 is 1.00 bits per heavy atom. The molecule has 0 saturated heterocycles. The van der Waals surface area contributed by atoms with Crippen molar-refractivity contribution in [1.29, 1.82) is 0 Å². The molecule has 3 rings (SSSR count). The number of ether oxygens (including phenoxy) is 6. The van der Waals surface area contributed by atoms with Crippen LogP contribution in [0.2, 0.25) is 0 Å². The summed E-state index contributed by atoms with van der Waals surface area (Å²) in [7, 11) is 7.00. The predicted molar refractivity (Wildman–Crippen MR) is 158 cm³/mol. The van der Waals surface area contributed by atoms with Crippen LogP contribution in [-0.4, -0.2) is 65.7 Å². The van der Waals surface area contributed by atoms with E-state index in [4.69, 9.17) is 33.3 Å². The molecule has 1 atom stereocenters. The normalized spacial score (nSPS) is 15.1. The van der Waals surface area contributed by atoms with E-state index in [0.717, 1.165) is 41.4 Å². The molecule has 0 spiro atoms. The summed E-state index contributed by atoms with van der Waals surface area (Å²) in [6.45, 7) is 11.7. The summed E-state index contributed by atoms with van der Waals surface area (Å²) >= 11 is 0. The molecule has 1 aliphatic heterocycles. The van der Waals surface area contributed by atoms with Gasteiger partial charge in [-0.2, -0.15) is 0 Å². The maximum atomic E-state index is 6.32. The zero-order chi connectivity index (χ0) is 28.4. The third kappa shape index (κ3) is 7.60. The lowest BCUT2D eigenvalue weighted by Crippen LogP contribution is -2.28. The highest BCUT2D eigenvalue weighted by Gasteiger charge is 2.22. The molecule has 1 aliphatic rings. The molecule has 1 heterocycles. The summed E-state index contributed by atoms with van der Waals surface area (Å²) in [5.41, 5.74) is 2.30. The number of rotatable bonds is 14. The van der Waals surface area contributed by atoms with Crippen LogP contribution in [0.25, 0.3) is 11.5 Å². The number of hydrogen-bond donors (Lipinski definition) is 0. The fourth-order valence-electron chi connectivity index (χ4n) is 3.90. The SMILES string of the molecule is C=C1OC(c2cc(OC)ccc2OC)=C/C1=N\BN(CC)C/C=C(\OC(C)CC)c1cc(OC)ccc1OC. The highest BCUT2D eigenvalue weighted by atomic mass is 16.5.